The molecule has 20 heavy (non-hydrogen) atoms. The van der Waals surface area contributed by atoms with E-state index in [9.17, 15) is 4.79 Å². The molecule has 0 saturated carbocycles. The molecule has 1 aromatic carbocycles. The van der Waals surface area contributed by atoms with Crippen LogP contribution in [0.5, 0.6) is 5.75 Å². The van der Waals surface area contributed by atoms with Gasteiger partial charge in [-0.05, 0) is 36.8 Å². The Labute approximate surface area is 117 Å². The van der Waals surface area contributed by atoms with E-state index in [0.29, 0.717) is 12.4 Å². The highest BCUT2D eigenvalue weighted by Crippen LogP contribution is 2.13. The summed E-state index contributed by atoms with van der Waals surface area (Å²) in [5.74, 6) is 0.454. The Balaban J connectivity index is 1.71. The van der Waals surface area contributed by atoms with Gasteiger partial charge in [0.2, 0.25) is 0 Å². The summed E-state index contributed by atoms with van der Waals surface area (Å²) < 4.78 is 5.51. The number of anilines is 1. The number of pyridine rings is 1. The Hall–Kier alpha value is -2.56. The number of rotatable bonds is 7. The number of hydrogen-bond acceptors (Lipinski definition) is 4. The summed E-state index contributed by atoms with van der Waals surface area (Å²) in [4.78, 5) is 15.0. The SMILES string of the molecule is O=C(O)c1cccc(OCCCNc2ccccn2)c1. The molecule has 0 aliphatic heterocycles. The third kappa shape index (κ3) is 4.28. The van der Waals surface area contributed by atoms with Gasteiger partial charge < -0.3 is 15.2 Å². The van der Waals surface area contributed by atoms with Crippen molar-refractivity contribution in [1.82, 2.24) is 4.98 Å². The summed E-state index contributed by atoms with van der Waals surface area (Å²) in [5.41, 5.74) is 0.231. The van der Waals surface area contributed by atoms with Gasteiger partial charge in [-0.2, -0.15) is 0 Å². The van der Waals surface area contributed by atoms with Crippen LogP contribution in [-0.4, -0.2) is 29.2 Å². The van der Waals surface area contributed by atoms with Crippen molar-refractivity contribution in [2.24, 2.45) is 0 Å². The molecule has 2 aromatic rings. The maximum Gasteiger partial charge on any atom is 0.335 e. The minimum Gasteiger partial charge on any atom is -0.494 e. The average molecular weight is 272 g/mol. The third-order valence-electron chi connectivity index (χ3n) is 2.64. The van der Waals surface area contributed by atoms with E-state index in [1.807, 2.05) is 18.2 Å². The molecule has 2 N–H and O–H groups in total. The van der Waals surface area contributed by atoms with E-state index in [1.165, 1.54) is 12.1 Å². The van der Waals surface area contributed by atoms with Crippen LogP contribution in [0.3, 0.4) is 0 Å². The van der Waals surface area contributed by atoms with Gasteiger partial charge in [-0.3, -0.25) is 0 Å². The quantitative estimate of drug-likeness (QED) is 0.758. The van der Waals surface area contributed by atoms with Crippen molar-refractivity contribution in [3.63, 3.8) is 0 Å². The minimum absolute atomic E-state index is 0.231. The zero-order chi connectivity index (χ0) is 14.2. The predicted molar refractivity (Wildman–Crippen MR) is 76.2 cm³/mol. The number of aromatic nitrogens is 1. The predicted octanol–water partition coefficient (Wildman–Crippen LogP) is 2.66. The van der Waals surface area contributed by atoms with E-state index in [4.69, 9.17) is 9.84 Å². The number of carboxylic acid groups (broad SMARTS) is 1. The number of aromatic carboxylic acids is 1. The second-order valence-electron chi connectivity index (χ2n) is 4.18. The van der Waals surface area contributed by atoms with Gasteiger partial charge in [0.05, 0.1) is 12.2 Å². The Morgan fingerprint density at radius 1 is 1.25 bits per heavy atom. The second-order valence-corrected chi connectivity index (χ2v) is 4.18. The van der Waals surface area contributed by atoms with Gasteiger partial charge in [0, 0.05) is 12.7 Å². The molecule has 0 bridgehead atoms. The average Bonchev–Trinajstić information content (AvgIpc) is 2.48. The molecule has 0 saturated heterocycles. The molecule has 1 heterocycles. The van der Waals surface area contributed by atoms with Gasteiger partial charge in [-0.15, -0.1) is 0 Å². The monoisotopic (exact) mass is 272 g/mol. The van der Waals surface area contributed by atoms with Crippen LogP contribution in [0.2, 0.25) is 0 Å². The number of carbonyl (C=O) groups is 1. The highest BCUT2D eigenvalue weighted by Gasteiger charge is 2.03. The fourth-order valence-corrected chi connectivity index (χ4v) is 1.66. The van der Waals surface area contributed by atoms with Crippen molar-refractivity contribution in [3.05, 3.63) is 54.2 Å². The van der Waals surface area contributed by atoms with E-state index in [0.717, 1.165) is 18.8 Å². The zero-order valence-electron chi connectivity index (χ0n) is 11.0. The van der Waals surface area contributed by atoms with Crippen LogP contribution >= 0.6 is 0 Å². The minimum atomic E-state index is -0.952. The molecule has 2 rings (SSSR count). The molecule has 0 aliphatic rings. The Morgan fingerprint density at radius 3 is 2.90 bits per heavy atom. The standard InChI is InChI=1S/C15H16N2O3/c18-15(19)12-5-3-6-13(11-12)20-10-4-9-17-14-7-1-2-8-16-14/h1-3,5-8,11H,4,9-10H2,(H,16,17)(H,18,19). The molecule has 0 aliphatic carbocycles. The van der Waals surface area contributed by atoms with Crippen molar-refractivity contribution < 1.29 is 14.6 Å². The van der Waals surface area contributed by atoms with Gasteiger partial charge in [0.1, 0.15) is 11.6 Å². The molecular weight excluding hydrogens is 256 g/mol. The van der Waals surface area contributed by atoms with E-state index in [-0.39, 0.29) is 5.56 Å². The summed E-state index contributed by atoms with van der Waals surface area (Å²) in [5, 5.41) is 12.0. The van der Waals surface area contributed by atoms with Crippen LogP contribution in [0.4, 0.5) is 5.82 Å². The molecule has 0 spiro atoms. The molecule has 0 fully saturated rings. The summed E-state index contributed by atoms with van der Waals surface area (Å²) in [6.45, 7) is 1.26. The molecule has 5 heteroatoms. The van der Waals surface area contributed by atoms with E-state index >= 15 is 0 Å². The van der Waals surface area contributed by atoms with Crippen LogP contribution < -0.4 is 10.1 Å². The lowest BCUT2D eigenvalue weighted by atomic mass is 10.2. The number of ether oxygens (including phenoxy) is 1. The molecule has 0 radical (unpaired) electrons. The summed E-state index contributed by atoms with van der Waals surface area (Å²) >= 11 is 0. The number of nitrogens with one attached hydrogen (secondary N) is 1. The van der Waals surface area contributed by atoms with Crippen LogP contribution in [0.15, 0.2) is 48.7 Å². The van der Waals surface area contributed by atoms with Gasteiger partial charge in [-0.25, -0.2) is 9.78 Å². The first-order chi connectivity index (χ1) is 9.75. The van der Waals surface area contributed by atoms with Crippen LogP contribution in [-0.2, 0) is 0 Å². The van der Waals surface area contributed by atoms with Crippen molar-refractivity contribution in [2.75, 3.05) is 18.5 Å². The zero-order valence-corrected chi connectivity index (χ0v) is 11.0. The third-order valence-corrected chi connectivity index (χ3v) is 2.64. The van der Waals surface area contributed by atoms with Crippen molar-refractivity contribution >= 4 is 11.8 Å². The van der Waals surface area contributed by atoms with Crippen LogP contribution in [0.1, 0.15) is 16.8 Å². The van der Waals surface area contributed by atoms with Crippen molar-refractivity contribution in [3.8, 4) is 5.75 Å². The summed E-state index contributed by atoms with van der Waals surface area (Å²) in [7, 11) is 0. The molecule has 5 nitrogen and oxygen atoms in total. The maximum absolute atomic E-state index is 10.8. The second kappa shape index (κ2) is 7.13. The molecule has 1 aromatic heterocycles. The molecule has 104 valence electrons. The number of carboxylic acids is 1. The Kier molecular flexibility index (Phi) is 4.94. The molecule has 0 unspecified atom stereocenters. The maximum atomic E-state index is 10.8. The fourth-order valence-electron chi connectivity index (χ4n) is 1.66. The molecule has 0 atom stereocenters. The van der Waals surface area contributed by atoms with Crippen LogP contribution in [0.25, 0.3) is 0 Å². The molecular formula is C15H16N2O3. The lowest BCUT2D eigenvalue weighted by molar-refractivity contribution is 0.0696. The van der Waals surface area contributed by atoms with Crippen molar-refractivity contribution in [1.29, 1.82) is 0 Å². The first-order valence-electron chi connectivity index (χ1n) is 6.37. The number of benzene rings is 1. The first kappa shape index (κ1) is 13.9. The van der Waals surface area contributed by atoms with Gasteiger partial charge in [0.25, 0.3) is 0 Å². The van der Waals surface area contributed by atoms with E-state index < -0.39 is 5.97 Å². The first-order valence-corrected chi connectivity index (χ1v) is 6.37. The highest BCUT2D eigenvalue weighted by atomic mass is 16.5. The largest absolute Gasteiger partial charge is 0.494 e. The van der Waals surface area contributed by atoms with Crippen LogP contribution in [0, 0.1) is 0 Å². The number of hydrogen-bond donors (Lipinski definition) is 2. The lowest BCUT2D eigenvalue weighted by Gasteiger charge is -2.08. The van der Waals surface area contributed by atoms with Gasteiger partial charge in [0.15, 0.2) is 0 Å². The highest BCUT2D eigenvalue weighted by molar-refractivity contribution is 5.87. The Morgan fingerprint density at radius 2 is 2.15 bits per heavy atom. The summed E-state index contributed by atoms with van der Waals surface area (Å²) in [6.07, 6.45) is 2.53. The number of nitrogens with zero attached hydrogens (tertiary/aromatic N) is 1. The topological polar surface area (TPSA) is 71.5 Å². The summed E-state index contributed by atoms with van der Waals surface area (Å²) in [6, 6.07) is 12.2. The van der Waals surface area contributed by atoms with E-state index in [2.05, 4.69) is 10.3 Å². The van der Waals surface area contributed by atoms with E-state index in [1.54, 1.807) is 18.3 Å². The smallest absolute Gasteiger partial charge is 0.335 e. The van der Waals surface area contributed by atoms with Crippen molar-refractivity contribution in [2.45, 2.75) is 6.42 Å². The van der Waals surface area contributed by atoms with Gasteiger partial charge in [-0.1, -0.05) is 12.1 Å². The molecule has 0 amide bonds. The Bertz CT molecular complexity index is 558. The fraction of sp³-hybridized carbons (Fsp3) is 0.200. The normalized spacial score (nSPS) is 10.0. The van der Waals surface area contributed by atoms with Gasteiger partial charge >= 0.3 is 5.97 Å². The lowest BCUT2D eigenvalue weighted by Crippen LogP contribution is -2.08.